The first-order valence-electron chi connectivity index (χ1n) is 5.78. The van der Waals surface area contributed by atoms with Gasteiger partial charge in [0.15, 0.2) is 5.17 Å². The fourth-order valence-corrected chi connectivity index (χ4v) is 2.20. The zero-order valence-corrected chi connectivity index (χ0v) is 11.6. The van der Waals surface area contributed by atoms with Crippen molar-refractivity contribution in [3.05, 3.63) is 46.9 Å². The van der Waals surface area contributed by atoms with Crippen molar-refractivity contribution in [2.24, 2.45) is 10.7 Å². The van der Waals surface area contributed by atoms with E-state index in [2.05, 4.69) is 4.99 Å². The van der Waals surface area contributed by atoms with Crippen LogP contribution in [0.4, 0.5) is 5.69 Å². The van der Waals surface area contributed by atoms with Crippen LogP contribution >= 0.6 is 11.8 Å². The number of rotatable bonds is 3. The molecule has 4 nitrogen and oxygen atoms in total. The molecule has 0 saturated heterocycles. The molecule has 1 amide bonds. The first kappa shape index (κ1) is 13.4. The lowest BCUT2D eigenvalue weighted by Crippen LogP contribution is -2.07. The largest absolute Gasteiger partial charge is 0.378 e. The van der Waals surface area contributed by atoms with E-state index in [1.165, 1.54) is 11.8 Å². The van der Waals surface area contributed by atoms with Crippen LogP contribution in [0.15, 0.2) is 46.3 Å². The summed E-state index contributed by atoms with van der Waals surface area (Å²) in [5.74, 6) is -0.268. The maximum absolute atomic E-state index is 11.4. The van der Waals surface area contributed by atoms with Crippen LogP contribution in [0.3, 0.4) is 0 Å². The van der Waals surface area contributed by atoms with Gasteiger partial charge in [-0.2, -0.15) is 4.99 Å². The smallest absolute Gasteiger partial charge is 0.286 e. The Morgan fingerprint density at radius 1 is 1.26 bits per heavy atom. The second-order valence-electron chi connectivity index (χ2n) is 4.23. The molecule has 0 atom stereocenters. The monoisotopic (exact) mass is 273 g/mol. The minimum absolute atomic E-state index is 0.268. The Morgan fingerprint density at radius 3 is 2.47 bits per heavy atom. The van der Waals surface area contributed by atoms with E-state index in [1.54, 1.807) is 6.08 Å². The second kappa shape index (κ2) is 5.75. The van der Waals surface area contributed by atoms with E-state index < -0.39 is 0 Å². The summed E-state index contributed by atoms with van der Waals surface area (Å²) in [5, 5.41) is 0.306. The predicted octanol–water partition coefficient (Wildman–Crippen LogP) is 2.24. The fourth-order valence-electron chi connectivity index (χ4n) is 1.57. The number of aliphatic imine (C=N–C) groups is 1. The van der Waals surface area contributed by atoms with Gasteiger partial charge < -0.3 is 10.6 Å². The van der Waals surface area contributed by atoms with Gasteiger partial charge in [0.25, 0.3) is 5.91 Å². The number of nitrogens with zero attached hydrogens (tertiary/aromatic N) is 2. The van der Waals surface area contributed by atoms with Crippen molar-refractivity contribution < 1.29 is 4.79 Å². The average molecular weight is 273 g/mol. The number of benzene rings is 1. The van der Waals surface area contributed by atoms with Crippen molar-refractivity contribution in [3.63, 3.8) is 0 Å². The van der Waals surface area contributed by atoms with Gasteiger partial charge in [0.1, 0.15) is 0 Å². The highest BCUT2D eigenvalue weighted by molar-refractivity contribution is 8.18. The molecule has 1 aliphatic rings. The lowest BCUT2D eigenvalue weighted by Gasteiger charge is -2.11. The predicted molar refractivity (Wildman–Crippen MR) is 82.1 cm³/mol. The van der Waals surface area contributed by atoms with Crippen molar-refractivity contribution in [1.29, 1.82) is 0 Å². The Morgan fingerprint density at radius 2 is 1.95 bits per heavy atom. The lowest BCUT2D eigenvalue weighted by atomic mass is 10.2. The molecule has 2 rings (SSSR count). The van der Waals surface area contributed by atoms with Crippen LogP contribution in [0, 0.1) is 0 Å². The topological polar surface area (TPSA) is 58.7 Å². The van der Waals surface area contributed by atoms with Crippen LogP contribution in [0.5, 0.6) is 0 Å². The summed E-state index contributed by atoms with van der Waals surface area (Å²) in [7, 11) is 4.01. The molecule has 0 bridgehead atoms. The van der Waals surface area contributed by atoms with Crippen molar-refractivity contribution in [2.75, 3.05) is 19.0 Å². The number of nitrogens with two attached hydrogens (primary N) is 1. The zero-order valence-electron chi connectivity index (χ0n) is 10.8. The molecule has 1 aliphatic heterocycles. The summed E-state index contributed by atoms with van der Waals surface area (Å²) in [6.45, 7) is 0. The second-order valence-corrected chi connectivity index (χ2v) is 5.30. The van der Waals surface area contributed by atoms with E-state index in [0.29, 0.717) is 10.1 Å². The third-order valence-electron chi connectivity index (χ3n) is 2.58. The van der Waals surface area contributed by atoms with E-state index in [1.807, 2.05) is 55.4 Å². The third-order valence-corrected chi connectivity index (χ3v) is 3.41. The van der Waals surface area contributed by atoms with Crippen LogP contribution in [0.25, 0.3) is 6.08 Å². The molecule has 0 aliphatic carbocycles. The van der Waals surface area contributed by atoms with Crippen molar-refractivity contribution >= 4 is 34.6 Å². The molecule has 0 aromatic heterocycles. The molecule has 98 valence electrons. The normalized spacial score (nSPS) is 17.3. The van der Waals surface area contributed by atoms with Crippen LogP contribution < -0.4 is 10.6 Å². The molecule has 1 aromatic carbocycles. The summed E-state index contributed by atoms with van der Waals surface area (Å²) in [6, 6.07) is 8.14. The number of thioether (sulfide) groups is 1. The van der Waals surface area contributed by atoms with E-state index in [9.17, 15) is 4.79 Å². The summed E-state index contributed by atoms with van der Waals surface area (Å²) in [6.07, 6.45) is 5.50. The highest BCUT2D eigenvalue weighted by Gasteiger charge is 2.18. The van der Waals surface area contributed by atoms with E-state index in [-0.39, 0.29) is 5.91 Å². The van der Waals surface area contributed by atoms with Crippen LogP contribution in [0.2, 0.25) is 0 Å². The van der Waals surface area contributed by atoms with E-state index in [4.69, 9.17) is 5.73 Å². The van der Waals surface area contributed by atoms with Gasteiger partial charge in [0.05, 0.1) is 4.91 Å². The molecule has 0 saturated carbocycles. The molecule has 0 unspecified atom stereocenters. The van der Waals surface area contributed by atoms with Crippen LogP contribution in [-0.2, 0) is 4.79 Å². The third kappa shape index (κ3) is 3.48. The van der Waals surface area contributed by atoms with Crippen LogP contribution in [0.1, 0.15) is 5.56 Å². The quantitative estimate of drug-likeness (QED) is 0.858. The number of hydrogen-bond donors (Lipinski definition) is 1. The highest BCUT2D eigenvalue weighted by Crippen LogP contribution is 2.23. The SMILES string of the molecule is CN(C)c1ccc(/C=C/C=C2/SC(N)=NC2=O)cc1. The van der Waals surface area contributed by atoms with Crippen molar-refractivity contribution in [1.82, 2.24) is 0 Å². The molecule has 0 radical (unpaired) electrons. The van der Waals surface area contributed by atoms with Gasteiger partial charge in [0, 0.05) is 19.8 Å². The minimum atomic E-state index is -0.268. The van der Waals surface area contributed by atoms with Gasteiger partial charge in [-0.05, 0) is 35.5 Å². The average Bonchev–Trinajstić information content (AvgIpc) is 2.68. The number of anilines is 1. The van der Waals surface area contributed by atoms with E-state index >= 15 is 0 Å². The van der Waals surface area contributed by atoms with Crippen molar-refractivity contribution in [2.45, 2.75) is 0 Å². The summed E-state index contributed by atoms with van der Waals surface area (Å²) < 4.78 is 0. The zero-order chi connectivity index (χ0) is 13.8. The van der Waals surface area contributed by atoms with Crippen molar-refractivity contribution in [3.8, 4) is 0 Å². The molecule has 0 spiro atoms. The summed E-state index contributed by atoms with van der Waals surface area (Å²) in [4.78, 5) is 17.6. The minimum Gasteiger partial charge on any atom is -0.378 e. The molecular formula is C14H15N3OS. The van der Waals surface area contributed by atoms with Gasteiger partial charge in [-0.3, -0.25) is 4.79 Å². The number of allylic oxidation sites excluding steroid dienone is 2. The Bertz CT molecular complexity index is 571. The Kier molecular flexibility index (Phi) is 4.06. The van der Waals surface area contributed by atoms with Gasteiger partial charge in [-0.15, -0.1) is 0 Å². The Hall–Kier alpha value is -2.01. The molecule has 2 N–H and O–H groups in total. The molecule has 0 fully saturated rings. The standard InChI is InChI=1S/C14H15N3OS/c1-17(2)11-8-6-10(7-9-11)4-3-5-12-13(18)16-14(15)19-12/h3-9H,1-2H3,(H2,15,16,18)/b4-3+,12-5+. The molecular weight excluding hydrogens is 258 g/mol. The van der Waals surface area contributed by atoms with Gasteiger partial charge >= 0.3 is 0 Å². The molecule has 19 heavy (non-hydrogen) atoms. The Labute approximate surface area is 116 Å². The number of amides is 1. The summed E-state index contributed by atoms with van der Waals surface area (Å²) in [5.41, 5.74) is 7.69. The van der Waals surface area contributed by atoms with Gasteiger partial charge in [-0.25, -0.2) is 0 Å². The lowest BCUT2D eigenvalue weighted by molar-refractivity contribution is -0.113. The fraction of sp³-hybridized carbons (Fsp3) is 0.143. The maximum atomic E-state index is 11.4. The molecule has 1 aromatic rings. The number of amidine groups is 1. The highest BCUT2D eigenvalue weighted by atomic mass is 32.2. The molecule has 5 heteroatoms. The van der Waals surface area contributed by atoms with E-state index in [0.717, 1.165) is 11.3 Å². The Balaban J connectivity index is 2.04. The van der Waals surface area contributed by atoms with Crippen LogP contribution in [-0.4, -0.2) is 25.2 Å². The van der Waals surface area contributed by atoms with Gasteiger partial charge in [-0.1, -0.05) is 24.3 Å². The number of hydrogen-bond acceptors (Lipinski definition) is 4. The first-order chi connectivity index (χ1) is 9.06. The number of carbonyl (C=O) groups is 1. The first-order valence-corrected chi connectivity index (χ1v) is 6.60. The summed E-state index contributed by atoms with van der Waals surface area (Å²) >= 11 is 1.20. The van der Waals surface area contributed by atoms with Gasteiger partial charge in [0.2, 0.25) is 0 Å². The maximum Gasteiger partial charge on any atom is 0.286 e. The molecule has 1 heterocycles. The number of carbonyl (C=O) groups excluding carboxylic acids is 1.